The van der Waals surface area contributed by atoms with Crippen LogP contribution in [0, 0.1) is 0 Å². The lowest BCUT2D eigenvalue weighted by Crippen LogP contribution is -2.32. The van der Waals surface area contributed by atoms with Crippen molar-refractivity contribution in [2.75, 3.05) is 21.2 Å². The van der Waals surface area contributed by atoms with Crippen LogP contribution in [0.3, 0.4) is 0 Å². The van der Waals surface area contributed by atoms with Gasteiger partial charge in [-0.15, -0.1) is 0 Å². The summed E-state index contributed by atoms with van der Waals surface area (Å²) in [6, 6.07) is 4.65. The van der Waals surface area contributed by atoms with Gasteiger partial charge in [-0.1, -0.05) is 12.8 Å². The minimum Gasteiger partial charge on any atom is -0.495 e. The van der Waals surface area contributed by atoms with Crippen molar-refractivity contribution < 1.29 is 17.9 Å². The molecule has 1 N–H and O–H groups in total. The first kappa shape index (κ1) is 16.8. The van der Waals surface area contributed by atoms with Crippen LogP contribution < -0.4 is 10.1 Å². The molecule has 0 atom stereocenters. The van der Waals surface area contributed by atoms with E-state index < -0.39 is 10.0 Å². The summed E-state index contributed by atoms with van der Waals surface area (Å²) in [6.07, 6.45) is 4.19. The maximum absolute atomic E-state index is 12.3. The van der Waals surface area contributed by atoms with E-state index in [4.69, 9.17) is 4.74 Å². The maximum Gasteiger partial charge on any atom is 0.251 e. The van der Waals surface area contributed by atoms with E-state index in [1.54, 1.807) is 6.07 Å². The fourth-order valence-electron chi connectivity index (χ4n) is 2.56. The van der Waals surface area contributed by atoms with Crippen molar-refractivity contribution in [2.45, 2.75) is 36.6 Å². The Labute approximate surface area is 131 Å². The van der Waals surface area contributed by atoms with Crippen molar-refractivity contribution in [3.05, 3.63) is 23.8 Å². The van der Waals surface area contributed by atoms with Crippen molar-refractivity contribution in [1.82, 2.24) is 9.62 Å². The number of nitrogens with zero attached hydrogens (tertiary/aromatic N) is 1. The fraction of sp³-hybridized carbons (Fsp3) is 0.533. The summed E-state index contributed by atoms with van der Waals surface area (Å²) in [6.45, 7) is 0. The molecule has 1 aromatic rings. The smallest absolute Gasteiger partial charge is 0.251 e. The first-order chi connectivity index (χ1) is 10.4. The van der Waals surface area contributed by atoms with Gasteiger partial charge < -0.3 is 10.1 Å². The predicted octanol–water partition coefficient (Wildman–Crippen LogP) is 1.62. The first-order valence-electron chi connectivity index (χ1n) is 7.27. The topological polar surface area (TPSA) is 75.7 Å². The van der Waals surface area contributed by atoms with Gasteiger partial charge in [0, 0.05) is 25.7 Å². The Morgan fingerprint density at radius 2 is 1.91 bits per heavy atom. The van der Waals surface area contributed by atoms with E-state index in [1.165, 1.54) is 33.3 Å². The molecule has 0 radical (unpaired) electrons. The summed E-state index contributed by atoms with van der Waals surface area (Å²) < 4.78 is 30.9. The standard InChI is InChI=1S/C15H22N2O4S/c1-17(2)22(19,20)14-10-11(8-9-13(14)21-3)15(18)16-12-6-4-5-7-12/h8-10,12H,4-7H2,1-3H3,(H,16,18). The van der Waals surface area contributed by atoms with E-state index in [-0.39, 0.29) is 22.6 Å². The number of rotatable bonds is 5. The largest absolute Gasteiger partial charge is 0.495 e. The van der Waals surface area contributed by atoms with Gasteiger partial charge in [0.1, 0.15) is 10.6 Å². The van der Waals surface area contributed by atoms with Crippen LogP contribution in [0.5, 0.6) is 5.75 Å². The molecule has 0 aromatic heterocycles. The van der Waals surface area contributed by atoms with Gasteiger partial charge in [-0.25, -0.2) is 12.7 Å². The Morgan fingerprint density at radius 1 is 1.27 bits per heavy atom. The average Bonchev–Trinajstić information content (AvgIpc) is 2.99. The number of ether oxygens (including phenoxy) is 1. The van der Waals surface area contributed by atoms with Crippen LogP contribution in [-0.2, 0) is 10.0 Å². The van der Waals surface area contributed by atoms with E-state index in [0.717, 1.165) is 30.0 Å². The maximum atomic E-state index is 12.3. The van der Waals surface area contributed by atoms with E-state index in [0.29, 0.717) is 5.56 Å². The second-order valence-corrected chi connectivity index (χ2v) is 7.73. The Kier molecular flexibility index (Phi) is 5.08. The molecule has 1 amide bonds. The third-order valence-electron chi connectivity index (χ3n) is 3.87. The molecular weight excluding hydrogens is 304 g/mol. The Balaban J connectivity index is 2.32. The summed E-state index contributed by atoms with van der Waals surface area (Å²) in [4.78, 5) is 12.3. The summed E-state index contributed by atoms with van der Waals surface area (Å²) in [5.74, 6) is -0.0177. The summed E-state index contributed by atoms with van der Waals surface area (Å²) >= 11 is 0. The second kappa shape index (κ2) is 6.66. The quantitative estimate of drug-likeness (QED) is 0.892. The third-order valence-corrected chi connectivity index (χ3v) is 5.71. The minimum absolute atomic E-state index is 0.000859. The molecule has 6 nitrogen and oxygen atoms in total. The third kappa shape index (κ3) is 3.41. The molecule has 1 aliphatic carbocycles. The van der Waals surface area contributed by atoms with Gasteiger partial charge in [-0.3, -0.25) is 4.79 Å². The van der Waals surface area contributed by atoms with Gasteiger partial charge in [0.25, 0.3) is 5.91 Å². The number of benzene rings is 1. The van der Waals surface area contributed by atoms with Gasteiger partial charge in [-0.05, 0) is 31.0 Å². The lowest BCUT2D eigenvalue weighted by atomic mass is 10.1. The van der Waals surface area contributed by atoms with Crippen LogP contribution >= 0.6 is 0 Å². The molecule has 1 saturated carbocycles. The molecule has 0 heterocycles. The molecule has 2 rings (SSSR count). The summed E-state index contributed by atoms with van der Waals surface area (Å²) in [7, 11) is 0.619. The van der Waals surface area contributed by atoms with Crippen LogP contribution in [0.25, 0.3) is 0 Å². The molecule has 7 heteroatoms. The highest BCUT2D eigenvalue weighted by Crippen LogP contribution is 2.27. The van der Waals surface area contributed by atoms with Crippen molar-refractivity contribution >= 4 is 15.9 Å². The molecule has 0 unspecified atom stereocenters. The van der Waals surface area contributed by atoms with Crippen LogP contribution in [-0.4, -0.2) is 45.9 Å². The molecule has 0 bridgehead atoms. The van der Waals surface area contributed by atoms with Crippen molar-refractivity contribution in [2.24, 2.45) is 0 Å². The highest BCUT2D eigenvalue weighted by molar-refractivity contribution is 7.89. The SMILES string of the molecule is COc1ccc(C(=O)NC2CCCC2)cc1S(=O)(=O)N(C)C. The number of nitrogens with one attached hydrogen (secondary N) is 1. The molecule has 122 valence electrons. The zero-order chi connectivity index (χ0) is 16.3. The number of amides is 1. The molecule has 0 saturated heterocycles. The average molecular weight is 326 g/mol. The highest BCUT2D eigenvalue weighted by Gasteiger charge is 2.25. The van der Waals surface area contributed by atoms with E-state index in [9.17, 15) is 13.2 Å². The second-order valence-electron chi connectivity index (χ2n) is 5.61. The van der Waals surface area contributed by atoms with Crippen molar-refractivity contribution in [3.63, 3.8) is 0 Å². The number of carbonyl (C=O) groups excluding carboxylic acids is 1. The lowest BCUT2D eigenvalue weighted by Gasteiger charge is -2.16. The fourth-order valence-corrected chi connectivity index (χ4v) is 3.63. The van der Waals surface area contributed by atoms with Crippen molar-refractivity contribution in [1.29, 1.82) is 0 Å². The predicted molar refractivity (Wildman–Crippen MR) is 83.6 cm³/mol. The van der Waals surface area contributed by atoms with Crippen LogP contribution in [0.2, 0.25) is 0 Å². The minimum atomic E-state index is -3.67. The Morgan fingerprint density at radius 3 is 2.45 bits per heavy atom. The Bertz CT molecular complexity index is 650. The van der Waals surface area contributed by atoms with Crippen molar-refractivity contribution in [3.8, 4) is 5.75 Å². The van der Waals surface area contributed by atoms with Crippen LogP contribution in [0.1, 0.15) is 36.0 Å². The number of sulfonamides is 1. The van der Waals surface area contributed by atoms with Crippen LogP contribution in [0.15, 0.2) is 23.1 Å². The number of carbonyl (C=O) groups is 1. The molecule has 0 aliphatic heterocycles. The van der Waals surface area contributed by atoms with Gasteiger partial charge in [-0.2, -0.15) is 0 Å². The van der Waals surface area contributed by atoms with E-state index in [2.05, 4.69) is 5.32 Å². The number of methoxy groups -OCH3 is 1. The first-order valence-corrected chi connectivity index (χ1v) is 8.71. The van der Waals surface area contributed by atoms with E-state index >= 15 is 0 Å². The van der Waals surface area contributed by atoms with Gasteiger partial charge in [0.05, 0.1) is 7.11 Å². The van der Waals surface area contributed by atoms with Gasteiger partial charge in [0.15, 0.2) is 0 Å². The highest BCUT2D eigenvalue weighted by atomic mass is 32.2. The summed E-state index contributed by atoms with van der Waals surface area (Å²) in [5.41, 5.74) is 0.327. The number of hydrogen-bond acceptors (Lipinski definition) is 4. The molecule has 1 fully saturated rings. The van der Waals surface area contributed by atoms with E-state index in [1.807, 2.05) is 0 Å². The van der Waals surface area contributed by atoms with Crippen LogP contribution in [0.4, 0.5) is 0 Å². The normalized spacial score (nSPS) is 16.0. The molecular formula is C15H22N2O4S. The lowest BCUT2D eigenvalue weighted by molar-refractivity contribution is 0.0937. The molecule has 1 aliphatic rings. The zero-order valence-electron chi connectivity index (χ0n) is 13.1. The summed E-state index contributed by atoms with van der Waals surface area (Å²) in [5, 5.41) is 2.95. The Hall–Kier alpha value is -1.60. The molecule has 1 aromatic carbocycles. The monoisotopic (exact) mass is 326 g/mol. The molecule has 22 heavy (non-hydrogen) atoms. The molecule has 0 spiro atoms. The number of hydrogen-bond donors (Lipinski definition) is 1. The van der Waals surface area contributed by atoms with Gasteiger partial charge >= 0.3 is 0 Å². The zero-order valence-corrected chi connectivity index (χ0v) is 13.9. The van der Waals surface area contributed by atoms with Gasteiger partial charge in [0.2, 0.25) is 10.0 Å².